The van der Waals surface area contributed by atoms with Crippen molar-refractivity contribution in [2.24, 2.45) is 0 Å². The number of ether oxygens (including phenoxy) is 3. The van der Waals surface area contributed by atoms with E-state index < -0.39 is 6.10 Å². The summed E-state index contributed by atoms with van der Waals surface area (Å²) in [5, 5.41) is 0. The van der Waals surface area contributed by atoms with E-state index in [1.165, 1.54) is 186 Å². The van der Waals surface area contributed by atoms with Crippen molar-refractivity contribution in [1.29, 1.82) is 0 Å². The van der Waals surface area contributed by atoms with Gasteiger partial charge in [0, 0.05) is 19.3 Å². The lowest BCUT2D eigenvalue weighted by Gasteiger charge is -2.18. The minimum Gasteiger partial charge on any atom is -0.462 e. The van der Waals surface area contributed by atoms with Gasteiger partial charge in [0.05, 0.1) is 0 Å². The minimum atomic E-state index is -0.801. The molecule has 82 heavy (non-hydrogen) atoms. The average molecular weight is 1140 g/mol. The van der Waals surface area contributed by atoms with E-state index in [-0.39, 0.29) is 37.5 Å². The third kappa shape index (κ3) is 66.9. The van der Waals surface area contributed by atoms with E-state index in [9.17, 15) is 14.4 Å². The highest BCUT2D eigenvalue weighted by Gasteiger charge is 2.19. The standard InChI is InChI=1S/C76H130O6/c1-4-7-10-13-16-19-22-25-28-30-32-34-35-36-37-38-39-40-41-43-44-46-48-51-54-57-60-63-66-69-75(78)81-72-73(71-80-74(77)68-65-62-59-56-53-50-27-24-21-18-15-12-9-6-3)82-76(79)70-67-64-61-58-55-52-49-47-45-42-33-31-29-26-23-20-17-14-11-8-5-2/h7,10,16,19,25,28,32,34,36-37,39-40,43-44,48,51,57,60,73H,4-6,8-9,11-15,17-18,20-24,26-27,29-31,33,35,38,41-42,45-47,49-50,52-56,58-59,61-72H2,1-3H3/b10-7-,19-16-,28-25-,34-32-,37-36-,40-39-,44-43-,51-48-,60-57-. The molecule has 0 amide bonds. The number of unbranched alkanes of at least 4 members (excludes halogenated alkanes) is 34. The van der Waals surface area contributed by atoms with Gasteiger partial charge in [-0.3, -0.25) is 14.4 Å². The Kier molecular flexibility index (Phi) is 66.2. The van der Waals surface area contributed by atoms with Crippen LogP contribution in [0, 0.1) is 0 Å². The molecule has 0 heterocycles. The van der Waals surface area contributed by atoms with Crippen molar-refractivity contribution in [3.63, 3.8) is 0 Å². The fourth-order valence-corrected chi connectivity index (χ4v) is 9.86. The van der Waals surface area contributed by atoms with E-state index in [2.05, 4.69) is 130 Å². The van der Waals surface area contributed by atoms with Gasteiger partial charge in [-0.15, -0.1) is 0 Å². The van der Waals surface area contributed by atoms with E-state index in [0.717, 1.165) is 103 Å². The van der Waals surface area contributed by atoms with E-state index in [1.54, 1.807) is 0 Å². The van der Waals surface area contributed by atoms with Gasteiger partial charge in [-0.25, -0.2) is 0 Å². The van der Waals surface area contributed by atoms with Crippen molar-refractivity contribution in [3.05, 3.63) is 109 Å². The largest absolute Gasteiger partial charge is 0.462 e. The normalized spacial score (nSPS) is 12.8. The van der Waals surface area contributed by atoms with Crippen LogP contribution in [-0.2, 0) is 28.6 Å². The molecule has 0 fully saturated rings. The summed E-state index contributed by atoms with van der Waals surface area (Å²) < 4.78 is 16.9. The van der Waals surface area contributed by atoms with Crippen molar-refractivity contribution in [2.75, 3.05) is 13.2 Å². The van der Waals surface area contributed by atoms with Gasteiger partial charge in [0.1, 0.15) is 13.2 Å². The maximum atomic E-state index is 12.9. The van der Waals surface area contributed by atoms with Crippen molar-refractivity contribution in [2.45, 2.75) is 341 Å². The van der Waals surface area contributed by atoms with Crippen LogP contribution in [-0.4, -0.2) is 37.2 Å². The lowest BCUT2D eigenvalue weighted by atomic mass is 10.0. The van der Waals surface area contributed by atoms with Crippen LogP contribution in [0.2, 0.25) is 0 Å². The van der Waals surface area contributed by atoms with Crippen molar-refractivity contribution in [3.8, 4) is 0 Å². The summed E-state index contributed by atoms with van der Waals surface area (Å²) in [6, 6.07) is 0. The van der Waals surface area contributed by atoms with Gasteiger partial charge in [0.15, 0.2) is 6.10 Å². The molecule has 0 radical (unpaired) electrons. The van der Waals surface area contributed by atoms with Gasteiger partial charge in [-0.05, 0) is 83.5 Å². The SMILES string of the molecule is CC/C=C\C/C=C\C/C=C\C/C=C\C/C=C\C/C=C\C/C=C\C/C=C\C/C=C\CCCC(=O)OCC(COC(=O)CCCCCCCCCCCCCCCC)OC(=O)CCCCCCCCCCCCCCCCCCCCCCC. The van der Waals surface area contributed by atoms with Crippen molar-refractivity contribution >= 4 is 17.9 Å². The minimum absolute atomic E-state index is 0.0920. The fraction of sp³-hybridized carbons (Fsp3) is 0.724. The molecular formula is C76H130O6. The molecule has 6 heteroatoms. The van der Waals surface area contributed by atoms with Crippen LogP contribution in [0.5, 0.6) is 0 Å². The Labute approximate surface area is 508 Å². The molecular weight excluding hydrogens is 1010 g/mol. The van der Waals surface area contributed by atoms with Crippen molar-refractivity contribution < 1.29 is 28.6 Å². The smallest absolute Gasteiger partial charge is 0.306 e. The molecule has 0 N–H and O–H groups in total. The summed E-state index contributed by atoms with van der Waals surface area (Å²) in [5.41, 5.74) is 0. The number of hydrogen-bond donors (Lipinski definition) is 0. The molecule has 0 spiro atoms. The molecule has 0 bridgehead atoms. The average Bonchev–Trinajstić information content (AvgIpc) is 3.47. The first-order valence-electron chi connectivity index (χ1n) is 34.9. The molecule has 0 aliphatic rings. The Hall–Kier alpha value is -3.93. The Morgan fingerprint density at radius 1 is 0.256 bits per heavy atom. The fourth-order valence-electron chi connectivity index (χ4n) is 9.86. The zero-order chi connectivity index (χ0) is 59.2. The summed E-state index contributed by atoms with van der Waals surface area (Å²) in [4.78, 5) is 38.4. The number of carbonyl (C=O) groups is 3. The highest BCUT2D eigenvalue weighted by Crippen LogP contribution is 2.17. The topological polar surface area (TPSA) is 78.9 Å². The number of rotatable bonds is 63. The van der Waals surface area contributed by atoms with E-state index in [4.69, 9.17) is 14.2 Å². The van der Waals surface area contributed by atoms with Gasteiger partial charge >= 0.3 is 17.9 Å². The first-order chi connectivity index (χ1) is 40.5. The Morgan fingerprint density at radius 3 is 0.744 bits per heavy atom. The second-order valence-electron chi connectivity index (χ2n) is 23.1. The first-order valence-corrected chi connectivity index (χ1v) is 34.9. The maximum Gasteiger partial charge on any atom is 0.306 e. The molecule has 0 aromatic rings. The van der Waals surface area contributed by atoms with Crippen LogP contribution >= 0.6 is 0 Å². The molecule has 0 aromatic carbocycles. The van der Waals surface area contributed by atoms with Crippen LogP contribution < -0.4 is 0 Å². The molecule has 1 atom stereocenters. The summed E-state index contributed by atoms with van der Waals surface area (Å²) in [5.74, 6) is -0.938. The number of hydrogen-bond acceptors (Lipinski definition) is 6. The zero-order valence-corrected chi connectivity index (χ0v) is 54.0. The van der Waals surface area contributed by atoms with Crippen LogP contribution in [0.3, 0.4) is 0 Å². The van der Waals surface area contributed by atoms with Gasteiger partial charge in [-0.1, -0.05) is 342 Å². The lowest BCUT2D eigenvalue weighted by molar-refractivity contribution is -0.167. The molecule has 6 nitrogen and oxygen atoms in total. The number of allylic oxidation sites excluding steroid dienone is 18. The third-order valence-electron chi connectivity index (χ3n) is 15.0. The monoisotopic (exact) mass is 1140 g/mol. The molecule has 0 aromatic heterocycles. The zero-order valence-electron chi connectivity index (χ0n) is 54.0. The Morgan fingerprint density at radius 2 is 0.476 bits per heavy atom. The highest BCUT2D eigenvalue weighted by molar-refractivity contribution is 5.71. The molecule has 1 unspecified atom stereocenters. The predicted octanol–water partition coefficient (Wildman–Crippen LogP) is 24.2. The van der Waals surface area contributed by atoms with Crippen LogP contribution in [0.4, 0.5) is 0 Å². The lowest BCUT2D eigenvalue weighted by Crippen LogP contribution is -2.30. The van der Waals surface area contributed by atoms with E-state index in [0.29, 0.717) is 19.3 Å². The molecule has 0 rings (SSSR count). The summed E-state index contributed by atoms with van der Waals surface area (Å²) in [7, 11) is 0. The van der Waals surface area contributed by atoms with Gasteiger partial charge in [0.25, 0.3) is 0 Å². The first kappa shape index (κ1) is 78.1. The summed E-state index contributed by atoms with van der Waals surface area (Å²) in [6.45, 7) is 6.52. The molecule has 0 aliphatic carbocycles. The van der Waals surface area contributed by atoms with Gasteiger partial charge in [-0.2, -0.15) is 0 Å². The highest BCUT2D eigenvalue weighted by atomic mass is 16.6. The molecule has 0 aliphatic heterocycles. The van der Waals surface area contributed by atoms with Crippen LogP contribution in [0.15, 0.2) is 109 Å². The van der Waals surface area contributed by atoms with E-state index in [1.807, 2.05) is 0 Å². The van der Waals surface area contributed by atoms with Crippen LogP contribution in [0.25, 0.3) is 0 Å². The second kappa shape index (κ2) is 69.6. The molecule has 0 saturated carbocycles. The summed E-state index contributed by atoms with van der Waals surface area (Å²) in [6.07, 6.45) is 95.4. The number of carbonyl (C=O) groups excluding carboxylic acids is 3. The van der Waals surface area contributed by atoms with E-state index >= 15 is 0 Å². The third-order valence-corrected chi connectivity index (χ3v) is 15.0. The van der Waals surface area contributed by atoms with Crippen molar-refractivity contribution in [1.82, 2.24) is 0 Å². The molecule has 0 saturated heterocycles. The van der Waals surface area contributed by atoms with Gasteiger partial charge < -0.3 is 14.2 Å². The second-order valence-corrected chi connectivity index (χ2v) is 23.1. The maximum absolute atomic E-state index is 12.9. The molecule has 470 valence electrons. The Bertz CT molecular complexity index is 1640. The number of esters is 3. The Balaban J connectivity index is 4.41. The van der Waals surface area contributed by atoms with Crippen LogP contribution in [0.1, 0.15) is 335 Å². The predicted molar refractivity (Wildman–Crippen MR) is 357 cm³/mol. The quantitative estimate of drug-likeness (QED) is 0.0261. The van der Waals surface area contributed by atoms with Gasteiger partial charge in [0.2, 0.25) is 0 Å². The summed E-state index contributed by atoms with van der Waals surface area (Å²) >= 11 is 0.